The number of nitrogens with zero attached hydrogens (tertiary/aromatic N) is 1. The van der Waals surface area contributed by atoms with Crippen LogP contribution in [-0.2, 0) is 21.4 Å². The highest BCUT2D eigenvalue weighted by atomic mass is 32.2. The summed E-state index contributed by atoms with van der Waals surface area (Å²) in [6.07, 6.45) is 0. The number of aryl methyl sites for hydroxylation is 1. The summed E-state index contributed by atoms with van der Waals surface area (Å²) in [5, 5.41) is 2.90. The second-order valence-electron chi connectivity index (χ2n) is 6.22. The number of anilines is 1. The van der Waals surface area contributed by atoms with Crippen molar-refractivity contribution < 1.29 is 13.2 Å². The molecule has 2 N–H and O–H groups in total. The zero-order valence-electron chi connectivity index (χ0n) is 15.6. The number of sulfonamides is 1. The molecule has 1 aromatic heterocycles. The quantitative estimate of drug-likeness (QED) is 0.526. The average Bonchev–Trinajstić information content (AvgIpc) is 3.08. The van der Waals surface area contributed by atoms with Crippen molar-refractivity contribution in [2.45, 2.75) is 24.7 Å². The van der Waals surface area contributed by atoms with Crippen LogP contribution >= 0.6 is 23.1 Å². The van der Waals surface area contributed by atoms with Gasteiger partial charge in [0.25, 0.3) is 0 Å². The van der Waals surface area contributed by atoms with Crippen molar-refractivity contribution in [3.8, 4) is 0 Å². The van der Waals surface area contributed by atoms with E-state index in [2.05, 4.69) is 15.0 Å². The van der Waals surface area contributed by atoms with E-state index in [9.17, 15) is 13.2 Å². The molecule has 0 aliphatic rings. The molecule has 0 radical (unpaired) electrons. The molecule has 0 fully saturated rings. The van der Waals surface area contributed by atoms with E-state index in [1.807, 2.05) is 31.2 Å². The molecular formula is C19H21N3O3S3. The molecule has 3 rings (SSSR count). The summed E-state index contributed by atoms with van der Waals surface area (Å²) in [5.74, 6) is 0.245. The smallest absolute Gasteiger partial charge is 0.232 e. The molecule has 6 nitrogen and oxygen atoms in total. The lowest BCUT2D eigenvalue weighted by atomic mass is 10.1. The van der Waals surface area contributed by atoms with Gasteiger partial charge in [-0.15, -0.1) is 11.3 Å². The van der Waals surface area contributed by atoms with Gasteiger partial charge in [0, 0.05) is 6.54 Å². The fourth-order valence-corrected chi connectivity index (χ4v) is 4.93. The van der Waals surface area contributed by atoms with Crippen LogP contribution in [0.1, 0.15) is 18.1 Å². The number of fused-ring (bicyclic) bond motifs is 1. The van der Waals surface area contributed by atoms with Gasteiger partial charge in [-0.3, -0.25) is 9.52 Å². The van der Waals surface area contributed by atoms with E-state index >= 15 is 0 Å². The number of nitrogens with one attached hydrogen (secondary N) is 2. The van der Waals surface area contributed by atoms with Crippen LogP contribution in [0, 0.1) is 6.92 Å². The highest BCUT2D eigenvalue weighted by molar-refractivity contribution is 8.01. The molecule has 148 valence electrons. The van der Waals surface area contributed by atoms with Crippen molar-refractivity contribution in [2.24, 2.45) is 0 Å². The Hall–Kier alpha value is -2.10. The summed E-state index contributed by atoms with van der Waals surface area (Å²) in [5.41, 5.74) is 3.55. The van der Waals surface area contributed by atoms with Crippen LogP contribution in [0.5, 0.6) is 0 Å². The van der Waals surface area contributed by atoms with Gasteiger partial charge in [-0.05, 0) is 37.6 Å². The molecule has 0 spiro atoms. The van der Waals surface area contributed by atoms with Gasteiger partial charge in [0.2, 0.25) is 15.9 Å². The molecule has 0 bridgehead atoms. The standard InChI is InChI=1S/C19H21N3O3S3/c1-3-28(24,25)22-15-8-9-16-17(10-15)27-19(21-16)26-12-18(23)20-11-14-6-4-13(2)5-7-14/h4-10,22H,3,11-12H2,1-2H3,(H,20,23). The van der Waals surface area contributed by atoms with E-state index in [0.717, 1.165) is 20.1 Å². The van der Waals surface area contributed by atoms with Gasteiger partial charge in [-0.2, -0.15) is 0 Å². The van der Waals surface area contributed by atoms with Gasteiger partial charge >= 0.3 is 0 Å². The Labute approximate surface area is 172 Å². The van der Waals surface area contributed by atoms with Crippen molar-refractivity contribution in [2.75, 3.05) is 16.2 Å². The summed E-state index contributed by atoms with van der Waals surface area (Å²) in [4.78, 5) is 16.6. The van der Waals surface area contributed by atoms with Gasteiger partial charge in [0.1, 0.15) is 0 Å². The summed E-state index contributed by atoms with van der Waals surface area (Å²) < 4.78 is 27.6. The Kier molecular flexibility index (Phi) is 6.58. The van der Waals surface area contributed by atoms with E-state index in [0.29, 0.717) is 12.2 Å². The van der Waals surface area contributed by atoms with Gasteiger partial charge in [0.05, 0.1) is 27.4 Å². The third kappa shape index (κ3) is 5.70. The molecule has 28 heavy (non-hydrogen) atoms. The summed E-state index contributed by atoms with van der Waals surface area (Å²) in [6, 6.07) is 13.3. The maximum absolute atomic E-state index is 12.1. The number of benzene rings is 2. The van der Waals surface area contributed by atoms with Crippen molar-refractivity contribution in [3.05, 3.63) is 53.6 Å². The highest BCUT2D eigenvalue weighted by Gasteiger charge is 2.11. The Morgan fingerprint density at radius 3 is 2.64 bits per heavy atom. The van der Waals surface area contributed by atoms with Crippen LogP contribution < -0.4 is 10.0 Å². The first kappa shape index (κ1) is 20.6. The van der Waals surface area contributed by atoms with Gasteiger partial charge < -0.3 is 5.32 Å². The summed E-state index contributed by atoms with van der Waals surface area (Å²) >= 11 is 2.81. The summed E-state index contributed by atoms with van der Waals surface area (Å²) in [6.45, 7) is 4.12. The lowest BCUT2D eigenvalue weighted by Crippen LogP contribution is -2.24. The van der Waals surface area contributed by atoms with Crippen molar-refractivity contribution >= 4 is 54.9 Å². The molecule has 0 saturated heterocycles. The average molecular weight is 436 g/mol. The Morgan fingerprint density at radius 1 is 1.18 bits per heavy atom. The molecule has 0 unspecified atom stereocenters. The van der Waals surface area contributed by atoms with E-state index < -0.39 is 10.0 Å². The first-order valence-electron chi connectivity index (χ1n) is 8.71. The molecular weight excluding hydrogens is 414 g/mol. The van der Waals surface area contributed by atoms with Crippen molar-refractivity contribution in [3.63, 3.8) is 0 Å². The fourth-order valence-electron chi connectivity index (χ4n) is 2.37. The van der Waals surface area contributed by atoms with E-state index in [4.69, 9.17) is 0 Å². The molecule has 1 amide bonds. The van der Waals surface area contributed by atoms with Gasteiger partial charge in [-0.1, -0.05) is 41.6 Å². The predicted octanol–water partition coefficient (Wildman–Crippen LogP) is 3.77. The molecule has 3 aromatic rings. The van der Waals surface area contributed by atoms with Crippen molar-refractivity contribution in [1.82, 2.24) is 10.3 Å². The van der Waals surface area contributed by atoms with E-state index in [1.54, 1.807) is 25.1 Å². The molecule has 0 aliphatic carbocycles. The lowest BCUT2D eigenvalue weighted by molar-refractivity contribution is -0.118. The SMILES string of the molecule is CCS(=O)(=O)Nc1ccc2nc(SCC(=O)NCc3ccc(C)cc3)sc2c1. The van der Waals surface area contributed by atoms with E-state index in [-0.39, 0.29) is 17.4 Å². The molecule has 0 atom stereocenters. The topological polar surface area (TPSA) is 88.2 Å². The lowest BCUT2D eigenvalue weighted by Gasteiger charge is -2.04. The normalized spacial score (nSPS) is 11.5. The molecule has 0 aliphatic heterocycles. The predicted molar refractivity (Wildman–Crippen MR) is 116 cm³/mol. The van der Waals surface area contributed by atoms with Gasteiger partial charge in [0.15, 0.2) is 4.34 Å². The maximum Gasteiger partial charge on any atom is 0.232 e. The van der Waals surface area contributed by atoms with Crippen LogP contribution in [0.25, 0.3) is 10.2 Å². The van der Waals surface area contributed by atoms with Crippen LogP contribution in [0.2, 0.25) is 0 Å². The number of thiazole rings is 1. The van der Waals surface area contributed by atoms with Crippen LogP contribution in [0.15, 0.2) is 46.8 Å². The number of carbonyl (C=O) groups is 1. The first-order valence-corrected chi connectivity index (χ1v) is 12.2. The number of aromatic nitrogens is 1. The Balaban J connectivity index is 1.56. The maximum atomic E-state index is 12.1. The number of thioether (sulfide) groups is 1. The van der Waals surface area contributed by atoms with Crippen LogP contribution in [-0.4, -0.2) is 30.8 Å². The monoisotopic (exact) mass is 435 g/mol. The third-order valence-corrected chi connectivity index (χ3v) is 7.43. The molecule has 0 saturated carbocycles. The minimum Gasteiger partial charge on any atom is -0.351 e. The minimum absolute atomic E-state index is 0.0204. The second kappa shape index (κ2) is 8.93. The molecule has 1 heterocycles. The number of hydrogen-bond acceptors (Lipinski definition) is 6. The number of amides is 1. The zero-order chi connectivity index (χ0) is 20.1. The van der Waals surface area contributed by atoms with E-state index in [1.165, 1.54) is 28.7 Å². The highest BCUT2D eigenvalue weighted by Crippen LogP contribution is 2.31. The first-order chi connectivity index (χ1) is 13.3. The molecule has 9 heteroatoms. The zero-order valence-corrected chi connectivity index (χ0v) is 18.0. The Bertz CT molecular complexity index is 1080. The Morgan fingerprint density at radius 2 is 1.93 bits per heavy atom. The van der Waals surface area contributed by atoms with Crippen LogP contribution in [0.4, 0.5) is 5.69 Å². The summed E-state index contributed by atoms with van der Waals surface area (Å²) in [7, 11) is -3.31. The minimum atomic E-state index is -3.31. The number of rotatable bonds is 8. The van der Waals surface area contributed by atoms with Crippen LogP contribution in [0.3, 0.4) is 0 Å². The largest absolute Gasteiger partial charge is 0.351 e. The number of hydrogen-bond donors (Lipinski definition) is 2. The second-order valence-corrected chi connectivity index (χ2v) is 10.5. The van der Waals surface area contributed by atoms with Gasteiger partial charge in [-0.25, -0.2) is 13.4 Å². The number of carbonyl (C=O) groups excluding carboxylic acids is 1. The van der Waals surface area contributed by atoms with Crippen molar-refractivity contribution in [1.29, 1.82) is 0 Å². The molecule has 2 aromatic carbocycles. The third-order valence-electron chi connectivity index (χ3n) is 3.96. The fraction of sp³-hybridized carbons (Fsp3) is 0.263.